The molecule has 0 fully saturated rings. The molecule has 0 aliphatic rings. The van der Waals surface area contributed by atoms with E-state index in [1.54, 1.807) is 17.0 Å². The quantitative estimate of drug-likeness (QED) is 0.588. The highest BCUT2D eigenvalue weighted by Gasteiger charge is 2.11. The van der Waals surface area contributed by atoms with Crippen molar-refractivity contribution in [1.82, 2.24) is 4.83 Å². The third-order valence-electron chi connectivity index (χ3n) is 2.19. The average molecular weight is 222 g/mol. The summed E-state index contributed by atoms with van der Waals surface area (Å²) in [5.74, 6) is 4.94. The molecule has 0 amide bonds. The van der Waals surface area contributed by atoms with Crippen LogP contribution in [-0.2, 0) is 10.0 Å². The van der Waals surface area contributed by atoms with Gasteiger partial charge < -0.3 is 0 Å². The van der Waals surface area contributed by atoms with Crippen molar-refractivity contribution >= 4 is 20.8 Å². The molecule has 0 unspecified atom stereocenters. The number of sulfonamides is 1. The van der Waals surface area contributed by atoms with Crippen LogP contribution in [-0.4, -0.2) is 8.42 Å². The van der Waals surface area contributed by atoms with Gasteiger partial charge >= 0.3 is 0 Å². The minimum Gasteiger partial charge on any atom is -0.257 e. The van der Waals surface area contributed by atoms with Crippen LogP contribution < -0.4 is 10.7 Å². The maximum absolute atomic E-state index is 11.4. The van der Waals surface area contributed by atoms with Crippen LogP contribution >= 0.6 is 0 Å². The molecule has 3 N–H and O–H groups in total. The molecule has 2 aromatic rings. The van der Waals surface area contributed by atoms with Gasteiger partial charge in [-0.15, -0.1) is 0 Å². The second-order valence-corrected chi connectivity index (χ2v) is 4.84. The number of hydrazine groups is 1. The summed E-state index contributed by atoms with van der Waals surface area (Å²) in [7, 11) is -3.56. The minimum absolute atomic E-state index is 0.170. The molecule has 0 saturated carbocycles. The second kappa shape index (κ2) is 3.62. The van der Waals surface area contributed by atoms with Gasteiger partial charge in [-0.1, -0.05) is 30.3 Å². The van der Waals surface area contributed by atoms with Gasteiger partial charge in [0.15, 0.2) is 0 Å². The predicted octanol–water partition coefficient (Wildman–Crippen LogP) is 0.992. The topological polar surface area (TPSA) is 72.2 Å². The molecule has 0 aromatic heterocycles. The molecule has 78 valence electrons. The van der Waals surface area contributed by atoms with Crippen molar-refractivity contribution in [2.24, 2.45) is 5.84 Å². The zero-order valence-electron chi connectivity index (χ0n) is 7.84. The van der Waals surface area contributed by atoms with E-state index < -0.39 is 10.0 Å². The van der Waals surface area contributed by atoms with Crippen LogP contribution in [0.3, 0.4) is 0 Å². The zero-order chi connectivity index (χ0) is 10.9. The van der Waals surface area contributed by atoms with Crippen molar-refractivity contribution in [3.05, 3.63) is 42.5 Å². The summed E-state index contributed by atoms with van der Waals surface area (Å²) in [4.78, 5) is 1.96. The number of rotatable bonds is 2. The van der Waals surface area contributed by atoms with E-state index in [1.807, 2.05) is 24.3 Å². The third kappa shape index (κ3) is 1.85. The Kier molecular flexibility index (Phi) is 2.44. The number of benzene rings is 2. The highest BCUT2D eigenvalue weighted by Crippen LogP contribution is 2.18. The van der Waals surface area contributed by atoms with Crippen molar-refractivity contribution in [2.45, 2.75) is 4.90 Å². The van der Waals surface area contributed by atoms with Gasteiger partial charge in [0.1, 0.15) is 0 Å². The Balaban J connectivity index is 2.67. The Morgan fingerprint density at radius 3 is 2.33 bits per heavy atom. The lowest BCUT2D eigenvalue weighted by Gasteiger charge is -2.03. The molecule has 5 heteroatoms. The van der Waals surface area contributed by atoms with Gasteiger partial charge in [0, 0.05) is 0 Å². The highest BCUT2D eigenvalue weighted by atomic mass is 32.2. The summed E-state index contributed by atoms with van der Waals surface area (Å²) < 4.78 is 22.8. The number of hydrogen-bond donors (Lipinski definition) is 2. The molecule has 15 heavy (non-hydrogen) atoms. The predicted molar refractivity (Wildman–Crippen MR) is 58.5 cm³/mol. The van der Waals surface area contributed by atoms with Crippen LogP contribution in [0.5, 0.6) is 0 Å². The average Bonchev–Trinajstić information content (AvgIpc) is 2.28. The first-order valence-corrected chi connectivity index (χ1v) is 5.83. The number of hydrogen-bond acceptors (Lipinski definition) is 3. The first kappa shape index (κ1) is 10.1. The van der Waals surface area contributed by atoms with Crippen molar-refractivity contribution < 1.29 is 8.42 Å². The van der Waals surface area contributed by atoms with Crippen LogP contribution in [0.25, 0.3) is 10.8 Å². The molecule has 0 spiro atoms. The molecule has 4 nitrogen and oxygen atoms in total. The molecular formula is C10H10N2O2S. The molecule has 0 aliphatic carbocycles. The van der Waals surface area contributed by atoms with E-state index in [1.165, 1.54) is 6.07 Å². The van der Waals surface area contributed by atoms with Gasteiger partial charge in [-0.3, -0.25) is 5.84 Å². The summed E-state index contributed by atoms with van der Waals surface area (Å²) >= 11 is 0. The lowest BCUT2D eigenvalue weighted by molar-refractivity contribution is 0.584. The summed E-state index contributed by atoms with van der Waals surface area (Å²) in [5, 5.41) is 1.86. The van der Waals surface area contributed by atoms with Gasteiger partial charge in [0.25, 0.3) is 10.0 Å². The summed E-state index contributed by atoms with van der Waals surface area (Å²) in [5.41, 5.74) is 0. The third-order valence-corrected chi connectivity index (χ3v) is 3.37. The van der Waals surface area contributed by atoms with E-state index in [9.17, 15) is 8.42 Å². The fraction of sp³-hybridized carbons (Fsp3) is 0. The SMILES string of the molecule is NNS(=O)(=O)c1ccc2ccccc2c1. The first-order valence-electron chi connectivity index (χ1n) is 4.35. The maximum Gasteiger partial charge on any atom is 0.253 e. The van der Waals surface area contributed by atoms with E-state index in [0.717, 1.165) is 10.8 Å². The van der Waals surface area contributed by atoms with Crippen LogP contribution in [0.4, 0.5) is 0 Å². The van der Waals surface area contributed by atoms with Crippen molar-refractivity contribution in [1.29, 1.82) is 0 Å². The summed E-state index contributed by atoms with van der Waals surface area (Å²) in [6.45, 7) is 0. The van der Waals surface area contributed by atoms with E-state index in [2.05, 4.69) is 0 Å². The number of fused-ring (bicyclic) bond motifs is 1. The Morgan fingerprint density at radius 1 is 1.00 bits per heavy atom. The van der Waals surface area contributed by atoms with Gasteiger partial charge in [0.2, 0.25) is 0 Å². The molecule has 0 atom stereocenters. The van der Waals surface area contributed by atoms with Gasteiger partial charge in [-0.25, -0.2) is 8.42 Å². The molecular weight excluding hydrogens is 212 g/mol. The number of nitrogens with one attached hydrogen (secondary N) is 1. The van der Waals surface area contributed by atoms with Gasteiger partial charge in [0.05, 0.1) is 4.90 Å². The van der Waals surface area contributed by atoms with Gasteiger partial charge in [-0.05, 0) is 22.9 Å². The van der Waals surface area contributed by atoms with E-state index in [-0.39, 0.29) is 4.90 Å². The van der Waals surface area contributed by atoms with Crippen LogP contribution in [0.1, 0.15) is 0 Å². The summed E-state index contributed by atoms with van der Waals surface area (Å²) in [6, 6.07) is 12.4. The standard InChI is InChI=1S/C10H10N2O2S/c11-12-15(13,14)10-6-5-8-3-1-2-4-9(8)7-10/h1-7,12H,11H2. The normalized spacial score (nSPS) is 11.8. The zero-order valence-corrected chi connectivity index (χ0v) is 8.66. The molecule has 0 aliphatic heterocycles. The largest absolute Gasteiger partial charge is 0.257 e. The fourth-order valence-corrected chi connectivity index (χ4v) is 2.07. The Hall–Kier alpha value is -1.43. The highest BCUT2D eigenvalue weighted by molar-refractivity contribution is 7.89. The maximum atomic E-state index is 11.4. The van der Waals surface area contributed by atoms with Crippen molar-refractivity contribution in [2.75, 3.05) is 0 Å². The molecule has 2 rings (SSSR count). The van der Waals surface area contributed by atoms with E-state index >= 15 is 0 Å². The monoisotopic (exact) mass is 222 g/mol. The first-order chi connectivity index (χ1) is 7.13. The Labute approximate surface area is 87.7 Å². The van der Waals surface area contributed by atoms with E-state index in [0.29, 0.717) is 0 Å². The van der Waals surface area contributed by atoms with Crippen molar-refractivity contribution in [3.63, 3.8) is 0 Å². The molecule has 0 bridgehead atoms. The molecule has 0 saturated heterocycles. The lowest BCUT2D eigenvalue weighted by Crippen LogP contribution is -2.30. The number of nitrogens with two attached hydrogens (primary N) is 1. The van der Waals surface area contributed by atoms with Crippen molar-refractivity contribution in [3.8, 4) is 0 Å². The van der Waals surface area contributed by atoms with Crippen LogP contribution in [0.2, 0.25) is 0 Å². The van der Waals surface area contributed by atoms with Crippen LogP contribution in [0, 0.1) is 0 Å². The second-order valence-electron chi connectivity index (χ2n) is 3.13. The summed E-state index contributed by atoms with van der Waals surface area (Å²) in [6.07, 6.45) is 0. The Bertz CT molecular complexity index is 593. The van der Waals surface area contributed by atoms with E-state index in [4.69, 9.17) is 5.84 Å². The molecule has 2 aromatic carbocycles. The molecule has 0 radical (unpaired) electrons. The smallest absolute Gasteiger partial charge is 0.253 e. The van der Waals surface area contributed by atoms with Gasteiger partial charge in [-0.2, -0.15) is 4.83 Å². The van der Waals surface area contributed by atoms with Crippen LogP contribution in [0.15, 0.2) is 47.4 Å². The Morgan fingerprint density at radius 2 is 1.67 bits per heavy atom. The fourth-order valence-electron chi connectivity index (χ4n) is 1.40. The molecule has 0 heterocycles. The lowest BCUT2D eigenvalue weighted by atomic mass is 10.1. The minimum atomic E-state index is -3.56.